The fourth-order valence-corrected chi connectivity index (χ4v) is 3.04. The lowest BCUT2D eigenvalue weighted by Gasteiger charge is -2.14. The quantitative estimate of drug-likeness (QED) is 0.260. The van der Waals surface area contributed by atoms with Crippen LogP contribution in [-0.4, -0.2) is 12.9 Å². The van der Waals surface area contributed by atoms with Gasteiger partial charge in [-0.1, -0.05) is 80.8 Å². The van der Waals surface area contributed by atoms with Crippen molar-refractivity contribution in [2.45, 2.75) is 51.4 Å². The molecule has 2 aromatic rings. The first kappa shape index (κ1) is 20.0. The van der Waals surface area contributed by atoms with Crippen LogP contribution in [0.5, 0.6) is 5.75 Å². The summed E-state index contributed by atoms with van der Waals surface area (Å²) in [5, 5.41) is 0. The number of carbonyl (C=O) groups excluding carboxylic acids is 1. The Morgan fingerprint density at radius 2 is 1.73 bits per heavy atom. The van der Waals surface area contributed by atoms with Gasteiger partial charge in [0.15, 0.2) is 5.78 Å². The van der Waals surface area contributed by atoms with Crippen LogP contribution in [0.25, 0.3) is 0 Å². The van der Waals surface area contributed by atoms with E-state index in [2.05, 4.69) is 31.2 Å². The number of ether oxygens (including phenoxy) is 1. The predicted octanol–water partition coefficient (Wildman–Crippen LogP) is 6.58. The zero-order valence-electron chi connectivity index (χ0n) is 16.0. The van der Waals surface area contributed by atoms with Crippen molar-refractivity contribution in [3.63, 3.8) is 0 Å². The highest BCUT2D eigenvalue weighted by molar-refractivity contribution is 5.96. The Labute approximate surface area is 157 Å². The fourth-order valence-electron chi connectivity index (χ4n) is 3.04. The molecule has 0 spiro atoms. The summed E-state index contributed by atoms with van der Waals surface area (Å²) in [6, 6.07) is 17.6. The Morgan fingerprint density at radius 1 is 1.00 bits per heavy atom. The third-order valence-corrected chi connectivity index (χ3v) is 4.64. The Kier molecular flexibility index (Phi) is 8.68. The lowest BCUT2D eigenvalue weighted by molar-refractivity contribution is 0.0978. The fraction of sp³-hybridized carbons (Fsp3) is 0.375. The first-order valence-electron chi connectivity index (χ1n) is 9.63. The second-order valence-electron chi connectivity index (χ2n) is 6.65. The molecular formula is C24H30O2. The molecule has 0 N–H and O–H groups in total. The van der Waals surface area contributed by atoms with Gasteiger partial charge in [0, 0.05) is 17.9 Å². The van der Waals surface area contributed by atoms with Gasteiger partial charge in [-0.2, -0.15) is 0 Å². The molecule has 0 aliphatic heterocycles. The number of Topliss-reactive ketones (excluding diaryl/α,β-unsaturated/α-hetero) is 1. The van der Waals surface area contributed by atoms with E-state index in [0.717, 1.165) is 23.3 Å². The summed E-state index contributed by atoms with van der Waals surface area (Å²) < 4.78 is 5.25. The van der Waals surface area contributed by atoms with E-state index >= 15 is 0 Å². The highest BCUT2D eigenvalue weighted by Gasteiger charge is 2.15. The first-order chi connectivity index (χ1) is 12.7. The van der Waals surface area contributed by atoms with Gasteiger partial charge in [-0.15, -0.1) is 0 Å². The van der Waals surface area contributed by atoms with Crippen LogP contribution in [0.1, 0.15) is 67.3 Å². The van der Waals surface area contributed by atoms with Gasteiger partial charge in [0.25, 0.3) is 0 Å². The average Bonchev–Trinajstić information content (AvgIpc) is 2.70. The van der Waals surface area contributed by atoms with Crippen molar-refractivity contribution in [3.8, 4) is 5.75 Å². The van der Waals surface area contributed by atoms with Gasteiger partial charge in [0.05, 0.1) is 7.11 Å². The zero-order chi connectivity index (χ0) is 18.6. The molecule has 138 valence electrons. The summed E-state index contributed by atoms with van der Waals surface area (Å²) in [5.41, 5.74) is 1.93. The number of hydrogen-bond donors (Lipinski definition) is 0. The van der Waals surface area contributed by atoms with Gasteiger partial charge in [0.2, 0.25) is 0 Å². The summed E-state index contributed by atoms with van der Waals surface area (Å²) in [6.07, 6.45) is 11.0. The Morgan fingerprint density at radius 3 is 2.38 bits per heavy atom. The lowest BCUT2D eigenvalue weighted by Crippen LogP contribution is -2.06. The van der Waals surface area contributed by atoms with Gasteiger partial charge in [-0.25, -0.2) is 0 Å². The van der Waals surface area contributed by atoms with E-state index in [4.69, 9.17) is 4.74 Å². The molecule has 0 heterocycles. The molecule has 0 aliphatic carbocycles. The molecule has 26 heavy (non-hydrogen) atoms. The minimum atomic E-state index is 0.0970. The van der Waals surface area contributed by atoms with Crippen molar-refractivity contribution in [3.05, 3.63) is 77.9 Å². The average molecular weight is 351 g/mol. The molecule has 0 saturated carbocycles. The smallest absolute Gasteiger partial charge is 0.163 e. The van der Waals surface area contributed by atoms with E-state index in [9.17, 15) is 4.79 Å². The summed E-state index contributed by atoms with van der Waals surface area (Å²) >= 11 is 0. The van der Waals surface area contributed by atoms with Crippen molar-refractivity contribution in [2.75, 3.05) is 7.11 Å². The van der Waals surface area contributed by atoms with Gasteiger partial charge in [-0.05, 0) is 30.5 Å². The molecule has 2 aromatic carbocycles. The van der Waals surface area contributed by atoms with Crippen LogP contribution in [0.2, 0.25) is 0 Å². The number of methoxy groups -OCH3 is 1. The monoisotopic (exact) mass is 350 g/mol. The van der Waals surface area contributed by atoms with Crippen LogP contribution < -0.4 is 4.74 Å². The van der Waals surface area contributed by atoms with E-state index in [1.54, 1.807) is 7.11 Å². The number of rotatable bonds is 11. The number of allylic oxidation sites excluding steroid dienone is 2. The number of carbonyl (C=O) groups is 1. The summed E-state index contributed by atoms with van der Waals surface area (Å²) in [7, 11) is 1.67. The molecule has 2 rings (SSSR count). The summed E-state index contributed by atoms with van der Waals surface area (Å²) in [6.45, 7) is 2.23. The molecule has 2 heteroatoms. The SMILES string of the molecule is CCCCCC/C=C/[C@H](CC(=O)c1ccccc1)c1ccc(OC)cc1. The van der Waals surface area contributed by atoms with Crippen molar-refractivity contribution in [1.29, 1.82) is 0 Å². The minimum Gasteiger partial charge on any atom is -0.497 e. The highest BCUT2D eigenvalue weighted by Crippen LogP contribution is 2.26. The Hall–Kier alpha value is -2.35. The number of ketones is 1. The molecule has 0 radical (unpaired) electrons. The maximum atomic E-state index is 12.7. The summed E-state index contributed by atoms with van der Waals surface area (Å²) in [4.78, 5) is 12.7. The molecule has 0 saturated heterocycles. The second-order valence-corrected chi connectivity index (χ2v) is 6.65. The van der Waals surface area contributed by atoms with Gasteiger partial charge >= 0.3 is 0 Å². The van der Waals surface area contributed by atoms with Crippen molar-refractivity contribution in [1.82, 2.24) is 0 Å². The van der Waals surface area contributed by atoms with Gasteiger partial charge in [-0.3, -0.25) is 4.79 Å². The standard InChI is InChI=1S/C24H30O2/c1-3-4-5-6-7-9-14-22(20-15-17-23(26-2)18-16-20)19-24(25)21-12-10-8-11-13-21/h8-18,22H,3-7,19H2,1-2H3/b14-9+/t22-/m1/s1. The molecule has 0 aromatic heterocycles. The van der Waals surface area contributed by atoms with Crippen LogP contribution in [-0.2, 0) is 0 Å². The van der Waals surface area contributed by atoms with Crippen LogP contribution in [0.4, 0.5) is 0 Å². The van der Waals surface area contributed by atoms with E-state index in [-0.39, 0.29) is 11.7 Å². The van der Waals surface area contributed by atoms with Gasteiger partial charge < -0.3 is 4.74 Å². The predicted molar refractivity (Wildman–Crippen MR) is 109 cm³/mol. The van der Waals surface area contributed by atoms with Crippen LogP contribution in [0.3, 0.4) is 0 Å². The number of unbranched alkanes of at least 4 members (excludes halogenated alkanes) is 4. The molecule has 0 unspecified atom stereocenters. The van der Waals surface area contributed by atoms with Crippen LogP contribution >= 0.6 is 0 Å². The Balaban J connectivity index is 2.07. The van der Waals surface area contributed by atoms with Gasteiger partial charge in [0.1, 0.15) is 5.75 Å². The van der Waals surface area contributed by atoms with Crippen molar-refractivity contribution >= 4 is 5.78 Å². The maximum Gasteiger partial charge on any atom is 0.163 e. The first-order valence-corrected chi connectivity index (χ1v) is 9.63. The molecule has 0 fully saturated rings. The topological polar surface area (TPSA) is 26.3 Å². The summed E-state index contributed by atoms with van der Waals surface area (Å²) in [5.74, 6) is 1.12. The molecule has 0 bridgehead atoms. The third-order valence-electron chi connectivity index (χ3n) is 4.64. The minimum absolute atomic E-state index is 0.0970. The van der Waals surface area contributed by atoms with Crippen molar-refractivity contribution in [2.24, 2.45) is 0 Å². The normalized spacial score (nSPS) is 12.2. The number of hydrogen-bond acceptors (Lipinski definition) is 2. The van der Waals surface area contributed by atoms with Crippen LogP contribution in [0.15, 0.2) is 66.7 Å². The number of benzene rings is 2. The Bertz CT molecular complexity index is 671. The molecule has 2 nitrogen and oxygen atoms in total. The largest absolute Gasteiger partial charge is 0.497 e. The van der Waals surface area contributed by atoms with E-state index in [1.165, 1.54) is 25.7 Å². The molecular weight excluding hydrogens is 320 g/mol. The second kappa shape index (κ2) is 11.3. The van der Waals surface area contributed by atoms with E-state index in [1.807, 2.05) is 42.5 Å². The molecule has 1 atom stereocenters. The van der Waals surface area contributed by atoms with Crippen LogP contribution in [0, 0.1) is 0 Å². The van der Waals surface area contributed by atoms with E-state index < -0.39 is 0 Å². The van der Waals surface area contributed by atoms with Crippen molar-refractivity contribution < 1.29 is 9.53 Å². The molecule has 0 amide bonds. The lowest BCUT2D eigenvalue weighted by atomic mass is 9.90. The third kappa shape index (κ3) is 6.51. The molecule has 0 aliphatic rings. The zero-order valence-corrected chi connectivity index (χ0v) is 16.0. The maximum absolute atomic E-state index is 12.7. The van der Waals surface area contributed by atoms with E-state index in [0.29, 0.717) is 6.42 Å². The highest BCUT2D eigenvalue weighted by atomic mass is 16.5.